The van der Waals surface area contributed by atoms with Gasteiger partial charge in [-0.3, -0.25) is 0 Å². The van der Waals surface area contributed by atoms with E-state index in [1.165, 1.54) is 0 Å². The first kappa shape index (κ1) is 14.1. The summed E-state index contributed by atoms with van der Waals surface area (Å²) in [5.74, 6) is 0.728. The van der Waals surface area contributed by atoms with Gasteiger partial charge in [-0.1, -0.05) is 23.4 Å². The third-order valence-electron chi connectivity index (χ3n) is 3.03. The molecule has 0 bridgehead atoms. The van der Waals surface area contributed by atoms with Gasteiger partial charge < -0.3 is 13.7 Å². The standard InChI is InChI=1S/C16H14N2O4/c1-10-8-13(22-18-10)9-20-16(19)14-11(2)21-15(17-14)12-6-4-3-5-7-12/h3-8H,9H2,1-2H3. The van der Waals surface area contributed by atoms with Gasteiger partial charge in [0.05, 0.1) is 5.69 Å². The van der Waals surface area contributed by atoms with E-state index in [-0.39, 0.29) is 12.3 Å². The molecule has 3 rings (SSSR count). The van der Waals surface area contributed by atoms with Crippen LogP contribution in [0, 0.1) is 13.8 Å². The topological polar surface area (TPSA) is 78.4 Å². The number of hydrogen-bond acceptors (Lipinski definition) is 6. The average Bonchev–Trinajstić information content (AvgIpc) is 3.12. The molecule has 0 unspecified atom stereocenters. The highest BCUT2D eigenvalue weighted by Gasteiger charge is 2.20. The molecule has 0 atom stereocenters. The molecule has 0 fully saturated rings. The van der Waals surface area contributed by atoms with E-state index in [0.717, 1.165) is 11.3 Å². The van der Waals surface area contributed by atoms with Crippen molar-refractivity contribution in [2.45, 2.75) is 20.5 Å². The minimum Gasteiger partial charge on any atom is -0.453 e. The molecular weight excluding hydrogens is 284 g/mol. The fourth-order valence-electron chi connectivity index (χ4n) is 1.98. The van der Waals surface area contributed by atoms with Crippen molar-refractivity contribution in [3.05, 3.63) is 59.3 Å². The molecule has 112 valence electrons. The fourth-order valence-corrected chi connectivity index (χ4v) is 1.98. The van der Waals surface area contributed by atoms with Crippen LogP contribution >= 0.6 is 0 Å². The first-order valence-electron chi connectivity index (χ1n) is 6.75. The molecule has 3 aromatic rings. The lowest BCUT2D eigenvalue weighted by Crippen LogP contribution is -2.06. The zero-order valence-corrected chi connectivity index (χ0v) is 12.2. The zero-order chi connectivity index (χ0) is 15.5. The van der Waals surface area contributed by atoms with Crippen molar-refractivity contribution in [1.29, 1.82) is 0 Å². The molecule has 0 N–H and O–H groups in total. The summed E-state index contributed by atoms with van der Waals surface area (Å²) in [5, 5.41) is 3.73. The Labute approximate surface area is 126 Å². The first-order valence-corrected chi connectivity index (χ1v) is 6.75. The van der Waals surface area contributed by atoms with Gasteiger partial charge in [0.1, 0.15) is 5.76 Å². The summed E-state index contributed by atoms with van der Waals surface area (Å²) in [6.45, 7) is 3.48. The van der Waals surface area contributed by atoms with Gasteiger partial charge in [0.2, 0.25) is 5.89 Å². The number of aromatic nitrogens is 2. The maximum absolute atomic E-state index is 12.1. The van der Waals surface area contributed by atoms with Crippen LogP contribution in [0.4, 0.5) is 0 Å². The summed E-state index contributed by atoms with van der Waals surface area (Å²) in [4.78, 5) is 16.3. The number of carbonyl (C=O) groups is 1. The molecule has 6 heteroatoms. The van der Waals surface area contributed by atoms with E-state index in [9.17, 15) is 4.79 Å². The van der Waals surface area contributed by atoms with Gasteiger partial charge in [0.25, 0.3) is 0 Å². The molecule has 0 aliphatic rings. The first-order chi connectivity index (χ1) is 10.6. The summed E-state index contributed by atoms with van der Waals surface area (Å²) >= 11 is 0. The number of hydrogen-bond donors (Lipinski definition) is 0. The van der Waals surface area contributed by atoms with Crippen LogP contribution in [0.25, 0.3) is 11.5 Å². The third kappa shape index (κ3) is 2.90. The van der Waals surface area contributed by atoms with Gasteiger partial charge in [-0.15, -0.1) is 0 Å². The van der Waals surface area contributed by atoms with Crippen LogP contribution in [0.5, 0.6) is 0 Å². The second-order valence-electron chi connectivity index (χ2n) is 4.80. The van der Waals surface area contributed by atoms with Gasteiger partial charge in [0, 0.05) is 11.6 Å². The average molecular weight is 298 g/mol. The van der Waals surface area contributed by atoms with Gasteiger partial charge in [-0.2, -0.15) is 0 Å². The minimum atomic E-state index is -0.558. The number of aryl methyl sites for hydroxylation is 2. The van der Waals surface area contributed by atoms with E-state index in [2.05, 4.69) is 10.1 Å². The van der Waals surface area contributed by atoms with Crippen LogP contribution in [-0.2, 0) is 11.3 Å². The molecule has 0 amide bonds. The molecule has 6 nitrogen and oxygen atoms in total. The number of nitrogens with zero attached hydrogens (tertiary/aromatic N) is 2. The van der Waals surface area contributed by atoms with Crippen molar-refractivity contribution in [3.63, 3.8) is 0 Å². The smallest absolute Gasteiger partial charge is 0.361 e. The highest BCUT2D eigenvalue weighted by Crippen LogP contribution is 2.22. The SMILES string of the molecule is Cc1cc(COC(=O)c2nc(-c3ccccc3)oc2C)on1. The number of oxazole rings is 1. The van der Waals surface area contributed by atoms with Crippen molar-refractivity contribution in [2.24, 2.45) is 0 Å². The predicted octanol–water partition coefficient (Wildman–Crippen LogP) is 3.30. The Hall–Kier alpha value is -2.89. The van der Waals surface area contributed by atoms with E-state index in [1.807, 2.05) is 30.3 Å². The molecular formula is C16H14N2O4. The molecule has 0 spiro atoms. The molecule has 0 saturated carbocycles. The van der Waals surface area contributed by atoms with Gasteiger partial charge >= 0.3 is 5.97 Å². The molecule has 22 heavy (non-hydrogen) atoms. The third-order valence-corrected chi connectivity index (χ3v) is 3.03. The summed E-state index contributed by atoms with van der Waals surface area (Å²) in [7, 11) is 0. The van der Waals surface area contributed by atoms with Gasteiger partial charge in [-0.25, -0.2) is 9.78 Å². The predicted molar refractivity (Wildman–Crippen MR) is 77.0 cm³/mol. The van der Waals surface area contributed by atoms with Crippen LogP contribution < -0.4 is 0 Å². The zero-order valence-electron chi connectivity index (χ0n) is 12.2. The molecule has 2 heterocycles. The Morgan fingerprint density at radius 2 is 2.00 bits per heavy atom. The Morgan fingerprint density at radius 3 is 2.68 bits per heavy atom. The fraction of sp³-hybridized carbons (Fsp3) is 0.188. The Bertz CT molecular complexity index is 790. The Balaban J connectivity index is 1.74. The lowest BCUT2D eigenvalue weighted by Gasteiger charge is -1.99. The molecule has 0 aliphatic carbocycles. The minimum absolute atomic E-state index is 0.00659. The van der Waals surface area contributed by atoms with E-state index < -0.39 is 5.97 Å². The summed E-state index contributed by atoms with van der Waals surface area (Å²) in [6.07, 6.45) is 0. The molecule has 0 aliphatic heterocycles. The maximum Gasteiger partial charge on any atom is 0.361 e. The number of rotatable bonds is 4. The second kappa shape index (κ2) is 5.85. The quantitative estimate of drug-likeness (QED) is 0.688. The summed E-state index contributed by atoms with van der Waals surface area (Å²) in [6, 6.07) is 11.1. The van der Waals surface area contributed by atoms with E-state index >= 15 is 0 Å². The number of carbonyl (C=O) groups excluding carboxylic acids is 1. The van der Waals surface area contributed by atoms with Crippen molar-refractivity contribution in [2.75, 3.05) is 0 Å². The van der Waals surface area contributed by atoms with Crippen LogP contribution in [0.1, 0.15) is 27.7 Å². The number of benzene rings is 1. The van der Waals surface area contributed by atoms with E-state index in [4.69, 9.17) is 13.7 Å². The van der Waals surface area contributed by atoms with Crippen LogP contribution in [-0.4, -0.2) is 16.1 Å². The normalized spacial score (nSPS) is 10.6. The lowest BCUT2D eigenvalue weighted by atomic mass is 10.2. The van der Waals surface area contributed by atoms with Crippen molar-refractivity contribution in [1.82, 2.24) is 10.1 Å². The van der Waals surface area contributed by atoms with Crippen molar-refractivity contribution >= 4 is 5.97 Å². The highest BCUT2D eigenvalue weighted by atomic mass is 16.6. The van der Waals surface area contributed by atoms with Crippen molar-refractivity contribution in [3.8, 4) is 11.5 Å². The van der Waals surface area contributed by atoms with Crippen LogP contribution in [0.3, 0.4) is 0 Å². The van der Waals surface area contributed by atoms with E-state index in [0.29, 0.717) is 17.4 Å². The van der Waals surface area contributed by atoms with Crippen molar-refractivity contribution < 1.29 is 18.5 Å². The Morgan fingerprint density at radius 1 is 1.23 bits per heavy atom. The number of esters is 1. The maximum atomic E-state index is 12.1. The van der Waals surface area contributed by atoms with Gasteiger partial charge in [0.15, 0.2) is 18.1 Å². The second-order valence-corrected chi connectivity index (χ2v) is 4.80. The van der Waals surface area contributed by atoms with Crippen LogP contribution in [0.15, 0.2) is 45.3 Å². The molecule has 0 radical (unpaired) electrons. The van der Waals surface area contributed by atoms with E-state index in [1.54, 1.807) is 19.9 Å². The molecule has 0 saturated heterocycles. The molecule has 2 aromatic heterocycles. The largest absolute Gasteiger partial charge is 0.453 e. The number of ether oxygens (including phenoxy) is 1. The molecule has 1 aromatic carbocycles. The lowest BCUT2D eigenvalue weighted by molar-refractivity contribution is 0.0429. The van der Waals surface area contributed by atoms with Gasteiger partial charge in [-0.05, 0) is 26.0 Å². The van der Waals surface area contributed by atoms with Crippen LogP contribution in [0.2, 0.25) is 0 Å². The Kier molecular flexibility index (Phi) is 3.74. The summed E-state index contributed by atoms with van der Waals surface area (Å²) < 4.78 is 15.7. The monoisotopic (exact) mass is 298 g/mol. The highest BCUT2D eigenvalue weighted by molar-refractivity contribution is 5.88. The summed E-state index contributed by atoms with van der Waals surface area (Å²) in [5.41, 5.74) is 1.70.